The molecule has 8 nitrogen and oxygen atoms in total. The molecule has 1 N–H and O–H groups in total. The zero-order valence-electron chi connectivity index (χ0n) is 17.7. The Morgan fingerprint density at radius 3 is 2.78 bits per heavy atom. The fourth-order valence-corrected chi connectivity index (χ4v) is 3.72. The Morgan fingerprint density at radius 1 is 1.25 bits per heavy atom. The van der Waals surface area contributed by atoms with Crippen LogP contribution in [0.3, 0.4) is 0 Å². The van der Waals surface area contributed by atoms with Crippen molar-refractivity contribution in [3.8, 4) is 17.6 Å². The van der Waals surface area contributed by atoms with Crippen LogP contribution in [0, 0.1) is 11.3 Å². The van der Waals surface area contributed by atoms with Crippen molar-refractivity contribution < 1.29 is 14.3 Å². The number of nitriles is 1. The molecule has 0 spiro atoms. The summed E-state index contributed by atoms with van der Waals surface area (Å²) in [7, 11) is 1.59. The van der Waals surface area contributed by atoms with Crippen LogP contribution in [-0.4, -0.2) is 47.1 Å². The van der Waals surface area contributed by atoms with Crippen molar-refractivity contribution in [3.63, 3.8) is 0 Å². The van der Waals surface area contributed by atoms with Crippen molar-refractivity contribution in [1.82, 2.24) is 14.9 Å². The third-order valence-electron chi connectivity index (χ3n) is 5.40. The molecule has 0 aliphatic carbocycles. The number of likely N-dealkylation sites (tertiary alicyclic amines) is 1. The molecule has 8 heteroatoms. The number of hydrogen-bond acceptors (Lipinski definition) is 7. The number of amides is 1. The van der Waals surface area contributed by atoms with Crippen LogP contribution in [0.5, 0.6) is 11.5 Å². The second kappa shape index (κ2) is 9.35. The zero-order valence-corrected chi connectivity index (χ0v) is 17.7. The van der Waals surface area contributed by atoms with Crippen molar-refractivity contribution in [2.45, 2.75) is 18.9 Å². The summed E-state index contributed by atoms with van der Waals surface area (Å²) in [5, 5.41) is 13.2. The first kappa shape index (κ1) is 21.1. The number of aromatic nitrogens is 2. The molecule has 1 aromatic heterocycles. The van der Waals surface area contributed by atoms with Gasteiger partial charge in [0.25, 0.3) is 0 Å². The monoisotopic (exact) mass is 429 g/mol. The van der Waals surface area contributed by atoms with Gasteiger partial charge in [-0.05, 0) is 30.3 Å². The molecule has 1 fully saturated rings. The van der Waals surface area contributed by atoms with Gasteiger partial charge in [0, 0.05) is 43.1 Å². The van der Waals surface area contributed by atoms with Crippen LogP contribution in [0.15, 0.2) is 55.4 Å². The van der Waals surface area contributed by atoms with Gasteiger partial charge in [-0.1, -0.05) is 12.6 Å². The Bertz CT molecular complexity index is 1200. The number of nitrogens with one attached hydrogen (secondary N) is 1. The molecule has 0 unspecified atom stereocenters. The number of benzene rings is 2. The topological polar surface area (TPSA) is 100 Å². The van der Waals surface area contributed by atoms with E-state index in [2.05, 4.69) is 27.9 Å². The molecule has 1 aliphatic heterocycles. The first-order chi connectivity index (χ1) is 15.6. The van der Waals surface area contributed by atoms with Gasteiger partial charge >= 0.3 is 0 Å². The number of methoxy groups -OCH3 is 1. The van der Waals surface area contributed by atoms with E-state index in [9.17, 15) is 4.79 Å². The van der Waals surface area contributed by atoms with Crippen molar-refractivity contribution in [2.75, 3.05) is 25.5 Å². The molecule has 3 aromatic rings. The van der Waals surface area contributed by atoms with Gasteiger partial charge in [-0.15, -0.1) is 0 Å². The van der Waals surface area contributed by atoms with Gasteiger partial charge in [-0.25, -0.2) is 9.97 Å². The number of nitrogens with zero attached hydrogens (tertiary/aromatic N) is 4. The van der Waals surface area contributed by atoms with Crippen LogP contribution < -0.4 is 14.8 Å². The average Bonchev–Trinajstić information content (AvgIpc) is 2.84. The molecule has 0 atom stereocenters. The van der Waals surface area contributed by atoms with Gasteiger partial charge in [0.2, 0.25) is 5.91 Å². The van der Waals surface area contributed by atoms with Gasteiger partial charge in [0.15, 0.2) is 11.5 Å². The van der Waals surface area contributed by atoms with Gasteiger partial charge in [-0.2, -0.15) is 5.26 Å². The Morgan fingerprint density at radius 2 is 2.06 bits per heavy atom. The fourth-order valence-electron chi connectivity index (χ4n) is 3.72. The van der Waals surface area contributed by atoms with Gasteiger partial charge in [0.05, 0.1) is 24.3 Å². The summed E-state index contributed by atoms with van der Waals surface area (Å²) in [6.45, 7) is 4.79. The van der Waals surface area contributed by atoms with E-state index in [1.807, 2.05) is 24.3 Å². The number of carbonyl (C=O) groups excluding carboxylic acids is 1. The lowest BCUT2D eigenvalue weighted by molar-refractivity contribution is -0.127. The molecule has 4 rings (SSSR count). The quantitative estimate of drug-likeness (QED) is 0.595. The van der Waals surface area contributed by atoms with Gasteiger partial charge in [-0.3, -0.25) is 4.79 Å². The van der Waals surface area contributed by atoms with Crippen molar-refractivity contribution in [3.05, 3.63) is 60.9 Å². The smallest absolute Gasteiger partial charge is 0.245 e. The second-order valence-corrected chi connectivity index (χ2v) is 7.41. The summed E-state index contributed by atoms with van der Waals surface area (Å²) in [6, 6.07) is 13.0. The van der Waals surface area contributed by atoms with Crippen molar-refractivity contribution >= 4 is 28.3 Å². The number of fused-ring (bicyclic) bond motifs is 1. The van der Waals surface area contributed by atoms with Crippen LogP contribution in [0.25, 0.3) is 10.9 Å². The highest BCUT2D eigenvalue weighted by Gasteiger charge is 2.24. The van der Waals surface area contributed by atoms with Gasteiger partial charge in [0.1, 0.15) is 18.2 Å². The average molecular weight is 429 g/mol. The number of anilines is 2. The standard InChI is InChI=1S/C24H23N5O3/c1-3-23(30)29-9-7-18(8-10-29)32-22-12-19-20(13-21(22)31-2)26-15-27-24(19)28-17-6-4-5-16(11-17)14-25/h3-6,11-13,15,18H,1,7-10H2,2H3,(H,26,27,28). The minimum Gasteiger partial charge on any atom is -0.493 e. The SMILES string of the molecule is C=CC(=O)N1CCC(Oc2cc3c(Nc4cccc(C#N)c4)ncnc3cc2OC)CC1. The molecular weight excluding hydrogens is 406 g/mol. The van der Waals surface area contributed by atoms with Crippen LogP contribution >= 0.6 is 0 Å². The lowest BCUT2D eigenvalue weighted by Crippen LogP contribution is -2.41. The fraction of sp³-hybridized carbons (Fsp3) is 0.250. The maximum Gasteiger partial charge on any atom is 0.245 e. The number of piperidine rings is 1. The number of rotatable bonds is 6. The molecule has 1 amide bonds. The molecule has 0 radical (unpaired) electrons. The summed E-state index contributed by atoms with van der Waals surface area (Å²) < 4.78 is 11.8. The van der Waals surface area contributed by atoms with E-state index >= 15 is 0 Å². The molecule has 32 heavy (non-hydrogen) atoms. The third kappa shape index (κ3) is 4.47. The second-order valence-electron chi connectivity index (χ2n) is 7.41. The minimum absolute atomic E-state index is 0.0384. The van der Waals surface area contributed by atoms with Gasteiger partial charge < -0.3 is 19.7 Å². The molecule has 1 saturated heterocycles. The minimum atomic E-state index is -0.0555. The van der Waals surface area contributed by atoms with Crippen LogP contribution in [0.4, 0.5) is 11.5 Å². The predicted molar refractivity (Wildman–Crippen MR) is 121 cm³/mol. The van der Waals surface area contributed by atoms with Crippen molar-refractivity contribution in [2.24, 2.45) is 0 Å². The van der Waals surface area contributed by atoms with Crippen molar-refractivity contribution in [1.29, 1.82) is 5.26 Å². The summed E-state index contributed by atoms with van der Waals surface area (Å²) in [4.78, 5) is 22.3. The first-order valence-electron chi connectivity index (χ1n) is 10.3. The van der Waals surface area contributed by atoms with E-state index in [0.717, 1.165) is 23.9 Å². The van der Waals surface area contributed by atoms with Crippen LogP contribution in [0.1, 0.15) is 18.4 Å². The summed E-state index contributed by atoms with van der Waals surface area (Å²) in [5.41, 5.74) is 2.01. The Balaban J connectivity index is 1.60. The van der Waals surface area contributed by atoms with E-state index in [0.29, 0.717) is 41.5 Å². The van der Waals surface area contributed by atoms with E-state index in [-0.39, 0.29) is 12.0 Å². The van der Waals surface area contributed by atoms with E-state index in [1.165, 1.54) is 12.4 Å². The Hall–Kier alpha value is -4.12. The van der Waals surface area contributed by atoms with Crippen LogP contribution in [0.2, 0.25) is 0 Å². The molecule has 162 valence electrons. The number of hydrogen-bond donors (Lipinski definition) is 1. The lowest BCUT2D eigenvalue weighted by Gasteiger charge is -2.31. The molecule has 1 aliphatic rings. The highest BCUT2D eigenvalue weighted by Crippen LogP contribution is 2.36. The summed E-state index contributed by atoms with van der Waals surface area (Å²) in [6.07, 6.45) is 4.22. The predicted octanol–water partition coefficient (Wildman–Crippen LogP) is 3.81. The normalized spacial score (nSPS) is 13.9. The Labute approximate surface area is 186 Å². The first-order valence-corrected chi connectivity index (χ1v) is 10.3. The molecule has 0 bridgehead atoms. The Kier molecular flexibility index (Phi) is 6.17. The lowest BCUT2D eigenvalue weighted by atomic mass is 10.1. The van der Waals surface area contributed by atoms with E-state index in [4.69, 9.17) is 14.7 Å². The highest BCUT2D eigenvalue weighted by atomic mass is 16.5. The molecule has 2 aromatic carbocycles. The third-order valence-corrected chi connectivity index (χ3v) is 5.40. The largest absolute Gasteiger partial charge is 0.493 e. The maximum atomic E-state index is 11.8. The summed E-state index contributed by atoms with van der Waals surface area (Å²) >= 11 is 0. The van der Waals surface area contributed by atoms with Crippen LogP contribution in [-0.2, 0) is 4.79 Å². The molecule has 0 saturated carbocycles. The highest BCUT2D eigenvalue weighted by molar-refractivity contribution is 5.93. The van der Waals surface area contributed by atoms with E-state index in [1.54, 1.807) is 24.1 Å². The number of carbonyl (C=O) groups is 1. The number of ether oxygens (including phenoxy) is 2. The zero-order chi connectivity index (χ0) is 22.5. The molecular formula is C24H23N5O3. The van der Waals surface area contributed by atoms with E-state index < -0.39 is 0 Å². The summed E-state index contributed by atoms with van der Waals surface area (Å²) in [5.74, 6) is 1.72. The maximum absolute atomic E-state index is 11.8. The molecule has 2 heterocycles.